The van der Waals surface area contributed by atoms with Crippen molar-refractivity contribution in [3.05, 3.63) is 11.7 Å². The number of carboxylic acids is 1. The maximum Gasteiger partial charge on any atom is 0.310 e. The predicted molar refractivity (Wildman–Crippen MR) is 77.8 cm³/mol. The number of unbranched alkanes of at least 4 members (excludes halogenated alkanes) is 1. The van der Waals surface area contributed by atoms with Gasteiger partial charge in [-0.1, -0.05) is 31.8 Å². The summed E-state index contributed by atoms with van der Waals surface area (Å²) in [5.74, 6) is 0.670. The lowest BCUT2D eigenvalue weighted by molar-refractivity contribution is -0.148. The molecule has 1 aliphatic heterocycles. The third-order valence-electron chi connectivity index (χ3n) is 4.24. The number of aromatic nitrogens is 2. The van der Waals surface area contributed by atoms with Crippen molar-refractivity contribution < 1.29 is 14.4 Å². The van der Waals surface area contributed by atoms with Gasteiger partial charge in [0.2, 0.25) is 5.89 Å². The van der Waals surface area contributed by atoms with Gasteiger partial charge < -0.3 is 9.63 Å². The summed E-state index contributed by atoms with van der Waals surface area (Å²) in [7, 11) is 0. The van der Waals surface area contributed by atoms with Crippen molar-refractivity contribution in [1.82, 2.24) is 15.0 Å². The van der Waals surface area contributed by atoms with Crippen LogP contribution in [0.2, 0.25) is 0 Å². The number of hydrogen-bond acceptors (Lipinski definition) is 5. The first-order valence-corrected chi connectivity index (χ1v) is 7.87. The molecule has 2 heterocycles. The summed E-state index contributed by atoms with van der Waals surface area (Å²) in [6, 6.07) is 0. The molecule has 1 atom stereocenters. The van der Waals surface area contributed by atoms with Crippen LogP contribution in [0.5, 0.6) is 0 Å². The van der Waals surface area contributed by atoms with Gasteiger partial charge in [0, 0.05) is 13.0 Å². The number of aliphatic carboxylic acids is 1. The fraction of sp³-hybridized carbons (Fsp3) is 0.800. The fourth-order valence-electron chi connectivity index (χ4n) is 3.04. The molecule has 1 fully saturated rings. The van der Waals surface area contributed by atoms with Gasteiger partial charge in [-0.2, -0.15) is 4.98 Å². The molecule has 1 N–H and O–H groups in total. The lowest BCUT2D eigenvalue weighted by Crippen LogP contribution is -2.34. The molecule has 6 nitrogen and oxygen atoms in total. The molecule has 1 saturated heterocycles. The monoisotopic (exact) mass is 295 g/mol. The summed E-state index contributed by atoms with van der Waals surface area (Å²) < 4.78 is 5.26. The van der Waals surface area contributed by atoms with E-state index in [0.717, 1.165) is 44.5 Å². The van der Waals surface area contributed by atoms with Gasteiger partial charge in [0.05, 0.1) is 12.0 Å². The quantitative estimate of drug-likeness (QED) is 0.793. The minimum atomic E-state index is -0.680. The van der Waals surface area contributed by atoms with Crippen LogP contribution in [-0.4, -0.2) is 39.2 Å². The minimum Gasteiger partial charge on any atom is -0.481 e. The van der Waals surface area contributed by atoms with Gasteiger partial charge >= 0.3 is 5.97 Å². The summed E-state index contributed by atoms with van der Waals surface area (Å²) in [6.07, 6.45) is 5.32. The standard InChI is InChI=1S/C15H25N3O3/c1-3-5-6-12-16-13(21-17-12)10-18-9-8-15(11-18,7-4-2)14(19)20/h3-11H2,1-2H3,(H,19,20). The number of rotatable bonds is 8. The van der Waals surface area contributed by atoms with Crippen LogP contribution in [0, 0.1) is 5.41 Å². The van der Waals surface area contributed by atoms with Crippen LogP contribution >= 0.6 is 0 Å². The van der Waals surface area contributed by atoms with Crippen LogP contribution in [0.1, 0.15) is 57.7 Å². The molecule has 0 amide bonds. The molecule has 1 aromatic heterocycles. The van der Waals surface area contributed by atoms with E-state index < -0.39 is 11.4 Å². The van der Waals surface area contributed by atoms with Crippen molar-refractivity contribution in [2.45, 2.75) is 58.9 Å². The summed E-state index contributed by atoms with van der Waals surface area (Å²) in [6.45, 7) is 6.06. The number of hydrogen-bond donors (Lipinski definition) is 1. The molecule has 0 spiro atoms. The third kappa shape index (κ3) is 3.81. The Hall–Kier alpha value is -1.43. The molecule has 1 aliphatic rings. The number of nitrogens with zero attached hydrogens (tertiary/aromatic N) is 3. The second-order valence-corrected chi connectivity index (χ2v) is 6.00. The number of carboxylic acid groups (broad SMARTS) is 1. The van der Waals surface area contributed by atoms with Gasteiger partial charge in [-0.25, -0.2) is 0 Å². The maximum absolute atomic E-state index is 11.6. The van der Waals surface area contributed by atoms with Gasteiger partial charge in [-0.3, -0.25) is 9.69 Å². The summed E-state index contributed by atoms with van der Waals surface area (Å²) in [5.41, 5.74) is -0.597. The highest BCUT2D eigenvalue weighted by molar-refractivity contribution is 5.75. The third-order valence-corrected chi connectivity index (χ3v) is 4.24. The molecule has 118 valence electrons. The zero-order chi connectivity index (χ0) is 15.3. The molecule has 0 saturated carbocycles. The first kappa shape index (κ1) is 15.9. The van der Waals surface area contributed by atoms with E-state index in [1.807, 2.05) is 6.92 Å². The SMILES string of the molecule is CCCCc1noc(CN2CCC(CCC)(C(=O)O)C2)n1. The Kier molecular flexibility index (Phi) is 5.33. The summed E-state index contributed by atoms with van der Waals surface area (Å²) in [4.78, 5) is 18.1. The second-order valence-electron chi connectivity index (χ2n) is 6.00. The molecular formula is C15H25N3O3. The normalized spacial score (nSPS) is 22.8. The first-order chi connectivity index (χ1) is 10.1. The van der Waals surface area contributed by atoms with Crippen LogP contribution in [0.25, 0.3) is 0 Å². The highest BCUT2D eigenvalue weighted by Crippen LogP contribution is 2.36. The molecule has 0 aromatic carbocycles. The van der Waals surface area contributed by atoms with Crippen LogP contribution in [0.15, 0.2) is 4.52 Å². The highest BCUT2D eigenvalue weighted by atomic mass is 16.5. The zero-order valence-electron chi connectivity index (χ0n) is 13.0. The van der Waals surface area contributed by atoms with Gasteiger partial charge in [-0.15, -0.1) is 0 Å². The van der Waals surface area contributed by atoms with Crippen LogP contribution in [0.4, 0.5) is 0 Å². The van der Waals surface area contributed by atoms with Crippen molar-refractivity contribution in [2.24, 2.45) is 5.41 Å². The van der Waals surface area contributed by atoms with E-state index in [-0.39, 0.29) is 0 Å². The second kappa shape index (κ2) is 7.02. The Morgan fingerprint density at radius 3 is 2.90 bits per heavy atom. The van der Waals surface area contributed by atoms with Gasteiger partial charge in [-0.05, 0) is 25.8 Å². The molecule has 0 bridgehead atoms. The molecule has 2 rings (SSSR count). The fourth-order valence-corrected chi connectivity index (χ4v) is 3.04. The van der Waals surface area contributed by atoms with Crippen molar-refractivity contribution >= 4 is 5.97 Å². The zero-order valence-corrected chi connectivity index (χ0v) is 13.0. The smallest absolute Gasteiger partial charge is 0.310 e. The van der Waals surface area contributed by atoms with Crippen LogP contribution < -0.4 is 0 Å². The Morgan fingerprint density at radius 1 is 1.43 bits per heavy atom. The van der Waals surface area contributed by atoms with Crippen LogP contribution in [0.3, 0.4) is 0 Å². The Labute approximate surface area is 125 Å². The van der Waals surface area contributed by atoms with E-state index in [2.05, 4.69) is 22.0 Å². The lowest BCUT2D eigenvalue weighted by atomic mass is 9.83. The molecule has 1 aromatic rings. The Morgan fingerprint density at radius 2 is 2.24 bits per heavy atom. The highest BCUT2D eigenvalue weighted by Gasteiger charge is 2.44. The van der Waals surface area contributed by atoms with E-state index in [4.69, 9.17) is 4.52 Å². The topological polar surface area (TPSA) is 79.5 Å². The number of carbonyl (C=O) groups is 1. The van der Waals surface area contributed by atoms with Crippen molar-refractivity contribution in [3.63, 3.8) is 0 Å². The van der Waals surface area contributed by atoms with Crippen molar-refractivity contribution in [3.8, 4) is 0 Å². The molecule has 21 heavy (non-hydrogen) atoms. The number of aryl methyl sites for hydroxylation is 1. The number of likely N-dealkylation sites (tertiary alicyclic amines) is 1. The average Bonchev–Trinajstić information content (AvgIpc) is 3.06. The minimum absolute atomic E-state index is 0.553. The van der Waals surface area contributed by atoms with E-state index >= 15 is 0 Å². The Bertz CT molecular complexity index is 474. The average molecular weight is 295 g/mol. The summed E-state index contributed by atoms with van der Waals surface area (Å²) >= 11 is 0. The maximum atomic E-state index is 11.6. The molecule has 6 heteroatoms. The van der Waals surface area contributed by atoms with Crippen LogP contribution in [-0.2, 0) is 17.8 Å². The molecule has 1 unspecified atom stereocenters. The van der Waals surface area contributed by atoms with E-state index in [0.29, 0.717) is 25.4 Å². The largest absolute Gasteiger partial charge is 0.481 e. The van der Waals surface area contributed by atoms with Crippen molar-refractivity contribution in [2.75, 3.05) is 13.1 Å². The molecular weight excluding hydrogens is 270 g/mol. The molecule has 0 aliphatic carbocycles. The molecule has 0 radical (unpaired) electrons. The van der Waals surface area contributed by atoms with Gasteiger partial charge in [0.25, 0.3) is 0 Å². The van der Waals surface area contributed by atoms with Crippen molar-refractivity contribution in [1.29, 1.82) is 0 Å². The first-order valence-electron chi connectivity index (χ1n) is 7.87. The van der Waals surface area contributed by atoms with E-state index in [1.165, 1.54) is 0 Å². The lowest BCUT2D eigenvalue weighted by Gasteiger charge is -2.23. The van der Waals surface area contributed by atoms with Gasteiger partial charge in [0.15, 0.2) is 5.82 Å². The van der Waals surface area contributed by atoms with Gasteiger partial charge in [0.1, 0.15) is 0 Å². The van der Waals surface area contributed by atoms with E-state index in [1.54, 1.807) is 0 Å². The van der Waals surface area contributed by atoms with E-state index in [9.17, 15) is 9.90 Å². The Balaban J connectivity index is 1.92. The summed E-state index contributed by atoms with van der Waals surface area (Å²) in [5, 5.41) is 13.5. The predicted octanol–water partition coefficient (Wildman–Crippen LogP) is 2.49.